The molecule has 0 saturated heterocycles. The molecule has 0 aromatic carbocycles. The summed E-state index contributed by atoms with van der Waals surface area (Å²) in [6, 6.07) is 1.65. The lowest BCUT2D eigenvalue weighted by Gasteiger charge is -2.06. The smallest absolute Gasteiger partial charge is 0.218 e. The van der Waals surface area contributed by atoms with Crippen LogP contribution in [0.2, 0.25) is 0 Å². The fourth-order valence-electron chi connectivity index (χ4n) is 1.54. The van der Waals surface area contributed by atoms with Gasteiger partial charge in [0.2, 0.25) is 5.88 Å². The van der Waals surface area contributed by atoms with E-state index in [-0.39, 0.29) is 0 Å². The fourth-order valence-corrected chi connectivity index (χ4v) is 2.30. The quantitative estimate of drug-likeness (QED) is 0.894. The standard InChI is InChI=1S/C12H16N4OS/c1-3-11-15-10(13)6-12(16-11)17-5-4-9-8(2)14-7-18-9/h6-7H,3-5H2,1-2H3,(H2,13,15,16). The Labute approximate surface area is 110 Å². The molecule has 2 aromatic heterocycles. The normalized spacial score (nSPS) is 10.6. The molecule has 96 valence electrons. The number of rotatable bonds is 5. The molecule has 0 bridgehead atoms. The molecule has 2 N–H and O–H groups in total. The molecular formula is C12H16N4OS. The largest absolute Gasteiger partial charge is 0.477 e. The molecule has 2 rings (SSSR count). The highest BCUT2D eigenvalue weighted by atomic mass is 32.1. The Kier molecular flexibility index (Phi) is 4.09. The molecule has 0 amide bonds. The number of aromatic nitrogens is 3. The number of ether oxygens (including phenoxy) is 1. The molecule has 0 fully saturated rings. The first kappa shape index (κ1) is 12.8. The van der Waals surface area contributed by atoms with Gasteiger partial charge in [-0.15, -0.1) is 11.3 Å². The van der Waals surface area contributed by atoms with E-state index < -0.39 is 0 Å². The minimum atomic E-state index is 0.450. The predicted octanol–water partition coefficient (Wildman–Crippen LogP) is 2.01. The maximum absolute atomic E-state index is 5.69. The number of nitrogens with zero attached hydrogens (tertiary/aromatic N) is 3. The van der Waals surface area contributed by atoms with Crippen molar-refractivity contribution in [1.82, 2.24) is 15.0 Å². The van der Waals surface area contributed by atoms with E-state index >= 15 is 0 Å². The Hall–Kier alpha value is -1.69. The first-order valence-electron chi connectivity index (χ1n) is 5.84. The van der Waals surface area contributed by atoms with Crippen molar-refractivity contribution in [3.63, 3.8) is 0 Å². The molecule has 0 radical (unpaired) electrons. The van der Waals surface area contributed by atoms with Gasteiger partial charge in [-0.2, -0.15) is 4.98 Å². The van der Waals surface area contributed by atoms with E-state index in [1.807, 2.05) is 19.4 Å². The van der Waals surface area contributed by atoms with Crippen LogP contribution in [0.5, 0.6) is 5.88 Å². The Morgan fingerprint density at radius 1 is 1.39 bits per heavy atom. The van der Waals surface area contributed by atoms with Gasteiger partial charge in [-0.25, -0.2) is 9.97 Å². The summed E-state index contributed by atoms with van der Waals surface area (Å²) in [6.45, 7) is 4.56. The van der Waals surface area contributed by atoms with Gasteiger partial charge in [0.15, 0.2) is 0 Å². The van der Waals surface area contributed by atoms with Crippen molar-refractivity contribution in [3.05, 3.63) is 28.0 Å². The summed E-state index contributed by atoms with van der Waals surface area (Å²) in [6.07, 6.45) is 1.58. The zero-order chi connectivity index (χ0) is 13.0. The van der Waals surface area contributed by atoms with Crippen molar-refractivity contribution < 1.29 is 4.74 Å². The maximum Gasteiger partial charge on any atom is 0.218 e. The van der Waals surface area contributed by atoms with Gasteiger partial charge in [-0.1, -0.05) is 6.92 Å². The van der Waals surface area contributed by atoms with E-state index in [0.717, 1.165) is 18.5 Å². The molecule has 0 aliphatic rings. The molecule has 2 heterocycles. The monoisotopic (exact) mass is 264 g/mol. The number of aryl methyl sites for hydroxylation is 2. The fraction of sp³-hybridized carbons (Fsp3) is 0.417. The third-order valence-electron chi connectivity index (χ3n) is 2.51. The molecule has 2 aromatic rings. The second-order valence-electron chi connectivity index (χ2n) is 3.86. The summed E-state index contributed by atoms with van der Waals surface area (Å²) < 4.78 is 5.61. The van der Waals surface area contributed by atoms with Gasteiger partial charge in [0.05, 0.1) is 17.8 Å². The molecule has 0 spiro atoms. The van der Waals surface area contributed by atoms with Gasteiger partial charge in [-0.05, 0) is 6.92 Å². The van der Waals surface area contributed by atoms with Crippen LogP contribution in [-0.2, 0) is 12.8 Å². The molecule has 0 aliphatic carbocycles. The molecule has 0 saturated carbocycles. The van der Waals surface area contributed by atoms with Crippen LogP contribution in [0, 0.1) is 6.92 Å². The van der Waals surface area contributed by atoms with Gasteiger partial charge >= 0.3 is 0 Å². The second-order valence-corrected chi connectivity index (χ2v) is 4.80. The zero-order valence-electron chi connectivity index (χ0n) is 10.5. The van der Waals surface area contributed by atoms with Gasteiger partial charge in [0.1, 0.15) is 11.6 Å². The maximum atomic E-state index is 5.69. The number of nitrogens with two attached hydrogens (primary N) is 1. The molecule has 0 atom stereocenters. The van der Waals surface area contributed by atoms with E-state index in [1.165, 1.54) is 4.88 Å². The van der Waals surface area contributed by atoms with Gasteiger partial charge in [-0.3, -0.25) is 0 Å². The topological polar surface area (TPSA) is 73.9 Å². The van der Waals surface area contributed by atoms with E-state index in [4.69, 9.17) is 10.5 Å². The van der Waals surface area contributed by atoms with Crippen LogP contribution in [0.15, 0.2) is 11.6 Å². The summed E-state index contributed by atoms with van der Waals surface area (Å²) in [5.74, 6) is 1.70. The summed E-state index contributed by atoms with van der Waals surface area (Å²) >= 11 is 1.65. The van der Waals surface area contributed by atoms with Gasteiger partial charge in [0, 0.05) is 23.8 Å². The molecule has 0 aliphatic heterocycles. The van der Waals surface area contributed by atoms with E-state index in [1.54, 1.807) is 17.4 Å². The summed E-state index contributed by atoms with van der Waals surface area (Å²) in [5.41, 5.74) is 8.61. The number of nitrogen functional groups attached to an aromatic ring is 1. The lowest BCUT2D eigenvalue weighted by Crippen LogP contribution is -2.06. The average Bonchev–Trinajstić information content (AvgIpc) is 2.74. The van der Waals surface area contributed by atoms with Crippen LogP contribution in [0.3, 0.4) is 0 Å². The molecule has 5 nitrogen and oxygen atoms in total. The molecule has 18 heavy (non-hydrogen) atoms. The molecular weight excluding hydrogens is 248 g/mol. The van der Waals surface area contributed by atoms with Crippen molar-refractivity contribution in [2.24, 2.45) is 0 Å². The third kappa shape index (κ3) is 3.16. The van der Waals surface area contributed by atoms with Crippen LogP contribution in [0.4, 0.5) is 5.82 Å². The van der Waals surface area contributed by atoms with Crippen molar-refractivity contribution in [3.8, 4) is 5.88 Å². The Balaban J connectivity index is 1.94. The SMILES string of the molecule is CCc1nc(N)cc(OCCc2scnc2C)n1. The number of thiazole rings is 1. The van der Waals surface area contributed by atoms with Gasteiger partial charge in [0.25, 0.3) is 0 Å². The Bertz CT molecular complexity index is 527. The van der Waals surface area contributed by atoms with E-state index in [9.17, 15) is 0 Å². The van der Waals surface area contributed by atoms with E-state index in [2.05, 4.69) is 15.0 Å². The van der Waals surface area contributed by atoms with Crippen LogP contribution in [0.1, 0.15) is 23.3 Å². The summed E-state index contributed by atoms with van der Waals surface area (Å²) in [7, 11) is 0. The van der Waals surface area contributed by atoms with Crippen molar-refractivity contribution >= 4 is 17.2 Å². The first-order chi connectivity index (χ1) is 8.69. The third-order valence-corrected chi connectivity index (χ3v) is 3.50. The lowest BCUT2D eigenvalue weighted by molar-refractivity contribution is 0.309. The molecule has 0 unspecified atom stereocenters. The highest BCUT2D eigenvalue weighted by molar-refractivity contribution is 7.09. The second kappa shape index (κ2) is 5.77. The first-order valence-corrected chi connectivity index (χ1v) is 6.72. The zero-order valence-corrected chi connectivity index (χ0v) is 11.3. The summed E-state index contributed by atoms with van der Waals surface area (Å²) in [5, 5.41) is 0. The van der Waals surface area contributed by atoms with Gasteiger partial charge < -0.3 is 10.5 Å². The predicted molar refractivity (Wildman–Crippen MR) is 71.9 cm³/mol. The minimum absolute atomic E-state index is 0.450. The number of hydrogen-bond donors (Lipinski definition) is 1. The Morgan fingerprint density at radius 3 is 2.89 bits per heavy atom. The van der Waals surface area contributed by atoms with Crippen molar-refractivity contribution in [2.45, 2.75) is 26.7 Å². The number of anilines is 1. The molecule has 6 heteroatoms. The van der Waals surface area contributed by atoms with Crippen LogP contribution >= 0.6 is 11.3 Å². The minimum Gasteiger partial charge on any atom is -0.477 e. The number of hydrogen-bond acceptors (Lipinski definition) is 6. The van der Waals surface area contributed by atoms with Crippen LogP contribution in [0.25, 0.3) is 0 Å². The lowest BCUT2D eigenvalue weighted by atomic mass is 10.3. The average molecular weight is 264 g/mol. The van der Waals surface area contributed by atoms with Crippen LogP contribution in [-0.4, -0.2) is 21.6 Å². The van der Waals surface area contributed by atoms with Crippen LogP contribution < -0.4 is 10.5 Å². The highest BCUT2D eigenvalue weighted by Crippen LogP contribution is 2.15. The summed E-state index contributed by atoms with van der Waals surface area (Å²) in [4.78, 5) is 13.8. The van der Waals surface area contributed by atoms with Crippen molar-refractivity contribution in [2.75, 3.05) is 12.3 Å². The van der Waals surface area contributed by atoms with E-state index in [0.29, 0.717) is 24.1 Å². The van der Waals surface area contributed by atoms with Crippen molar-refractivity contribution in [1.29, 1.82) is 0 Å². The Morgan fingerprint density at radius 2 is 2.22 bits per heavy atom. The highest BCUT2D eigenvalue weighted by Gasteiger charge is 2.04.